The molecule has 1 heterocycles. The van der Waals surface area contributed by atoms with E-state index < -0.39 is 0 Å². The zero-order valence-corrected chi connectivity index (χ0v) is 12.7. The van der Waals surface area contributed by atoms with E-state index in [1.807, 2.05) is 6.92 Å². The average molecular weight is 293 g/mol. The molecule has 0 amide bonds. The first-order valence-electron chi connectivity index (χ1n) is 7.54. The Morgan fingerprint density at radius 1 is 1.38 bits per heavy atom. The molecule has 1 N–H and O–H groups in total. The summed E-state index contributed by atoms with van der Waals surface area (Å²) in [6.07, 6.45) is 2.01. The molecular weight excluding hydrogens is 270 g/mol. The number of hydrogen-bond donors (Lipinski definition) is 1. The number of rotatable bonds is 6. The third-order valence-corrected chi connectivity index (χ3v) is 3.88. The summed E-state index contributed by atoms with van der Waals surface area (Å²) >= 11 is 0. The molecule has 6 nitrogen and oxygen atoms in total. The number of benzene rings is 1. The minimum atomic E-state index is -0.367. The molecule has 21 heavy (non-hydrogen) atoms. The van der Waals surface area contributed by atoms with Crippen LogP contribution in [0.1, 0.15) is 26.7 Å². The Balaban J connectivity index is 2.12. The van der Waals surface area contributed by atoms with E-state index in [1.165, 1.54) is 0 Å². The number of ether oxygens (including phenoxy) is 1. The van der Waals surface area contributed by atoms with Gasteiger partial charge in [-0.15, -0.1) is 0 Å². The van der Waals surface area contributed by atoms with Gasteiger partial charge in [0.2, 0.25) is 0 Å². The number of nitro groups is 1. The summed E-state index contributed by atoms with van der Waals surface area (Å²) in [5.74, 6) is 0.332. The maximum absolute atomic E-state index is 11.3. The summed E-state index contributed by atoms with van der Waals surface area (Å²) in [4.78, 5) is 13.4. The Hall–Kier alpha value is -1.82. The maximum Gasteiger partial charge on any atom is 0.333 e. The van der Waals surface area contributed by atoms with Crippen molar-refractivity contribution in [3.63, 3.8) is 0 Å². The number of likely N-dealkylation sites (tertiary alicyclic amines) is 1. The molecule has 0 spiro atoms. The van der Waals surface area contributed by atoms with Gasteiger partial charge in [0.25, 0.3) is 0 Å². The normalized spacial score (nSPS) is 16.7. The van der Waals surface area contributed by atoms with Crippen LogP contribution in [0.3, 0.4) is 0 Å². The maximum atomic E-state index is 11.3. The van der Waals surface area contributed by atoms with Gasteiger partial charge < -0.3 is 15.0 Å². The van der Waals surface area contributed by atoms with Gasteiger partial charge in [0, 0.05) is 19.1 Å². The second-order valence-corrected chi connectivity index (χ2v) is 5.20. The molecule has 1 saturated heterocycles. The molecule has 0 bridgehead atoms. The smallest absolute Gasteiger partial charge is 0.333 e. The number of anilines is 1. The molecule has 0 unspecified atom stereocenters. The van der Waals surface area contributed by atoms with Crippen LogP contribution in [0.5, 0.6) is 5.75 Å². The highest BCUT2D eigenvalue weighted by atomic mass is 16.6. The molecule has 6 heteroatoms. The van der Waals surface area contributed by atoms with Crippen molar-refractivity contribution in [3.05, 3.63) is 28.3 Å². The molecule has 0 aromatic heterocycles. The van der Waals surface area contributed by atoms with Crippen molar-refractivity contribution in [2.45, 2.75) is 32.7 Å². The highest BCUT2D eigenvalue weighted by molar-refractivity contribution is 5.68. The second-order valence-electron chi connectivity index (χ2n) is 5.20. The standard InChI is InChI=1S/C15H23N3O3/c1-3-17-10-8-12(9-11-17)16-13-6-5-7-14(21-4-2)15(13)18(19)20/h5-7,12,16H,3-4,8-11H2,1-2H3. The quantitative estimate of drug-likeness (QED) is 0.645. The zero-order valence-electron chi connectivity index (χ0n) is 12.7. The molecule has 0 radical (unpaired) electrons. The van der Waals surface area contributed by atoms with Crippen molar-refractivity contribution in [2.24, 2.45) is 0 Å². The third kappa shape index (κ3) is 3.85. The molecular formula is C15H23N3O3. The Kier molecular flexibility index (Phi) is 5.38. The van der Waals surface area contributed by atoms with E-state index in [4.69, 9.17) is 4.74 Å². The van der Waals surface area contributed by atoms with Gasteiger partial charge in [-0.05, 0) is 38.4 Å². The Labute approximate surface area is 125 Å². The van der Waals surface area contributed by atoms with Crippen LogP contribution >= 0.6 is 0 Å². The molecule has 0 atom stereocenters. The Bertz CT molecular complexity index is 485. The Morgan fingerprint density at radius 2 is 2.10 bits per heavy atom. The summed E-state index contributed by atoms with van der Waals surface area (Å²) < 4.78 is 5.37. The van der Waals surface area contributed by atoms with Crippen molar-refractivity contribution in [2.75, 3.05) is 31.6 Å². The van der Waals surface area contributed by atoms with Gasteiger partial charge >= 0.3 is 5.69 Å². The number of hydrogen-bond acceptors (Lipinski definition) is 5. The lowest BCUT2D eigenvalue weighted by atomic mass is 10.0. The predicted octanol–water partition coefficient (Wildman–Crippen LogP) is 2.89. The van der Waals surface area contributed by atoms with Crippen LogP contribution < -0.4 is 10.1 Å². The fraction of sp³-hybridized carbons (Fsp3) is 0.600. The monoisotopic (exact) mass is 293 g/mol. The summed E-state index contributed by atoms with van der Waals surface area (Å²) in [5, 5.41) is 14.7. The van der Waals surface area contributed by atoms with Crippen LogP contribution in [0.4, 0.5) is 11.4 Å². The summed E-state index contributed by atoms with van der Waals surface area (Å²) in [6, 6.07) is 5.48. The van der Waals surface area contributed by atoms with Gasteiger partial charge in [0.1, 0.15) is 5.69 Å². The van der Waals surface area contributed by atoms with Crippen molar-refractivity contribution in [1.82, 2.24) is 4.90 Å². The average Bonchev–Trinajstić information content (AvgIpc) is 2.48. The fourth-order valence-corrected chi connectivity index (χ4v) is 2.71. The van der Waals surface area contributed by atoms with E-state index >= 15 is 0 Å². The van der Waals surface area contributed by atoms with Gasteiger partial charge in [-0.2, -0.15) is 0 Å². The van der Waals surface area contributed by atoms with Crippen molar-refractivity contribution < 1.29 is 9.66 Å². The van der Waals surface area contributed by atoms with E-state index in [0.717, 1.165) is 32.5 Å². The summed E-state index contributed by atoms with van der Waals surface area (Å²) in [7, 11) is 0. The largest absolute Gasteiger partial charge is 0.487 e. The molecule has 0 saturated carbocycles. The van der Waals surface area contributed by atoms with Crippen molar-refractivity contribution in [1.29, 1.82) is 0 Å². The fourth-order valence-electron chi connectivity index (χ4n) is 2.71. The molecule has 2 rings (SSSR count). The molecule has 116 valence electrons. The third-order valence-electron chi connectivity index (χ3n) is 3.88. The lowest BCUT2D eigenvalue weighted by Crippen LogP contribution is -2.38. The molecule has 1 fully saturated rings. The van der Waals surface area contributed by atoms with Crippen LogP contribution in [0.2, 0.25) is 0 Å². The number of para-hydroxylation sites is 1. The van der Waals surface area contributed by atoms with E-state index in [0.29, 0.717) is 18.0 Å². The summed E-state index contributed by atoms with van der Waals surface area (Å²) in [5.41, 5.74) is 0.596. The van der Waals surface area contributed by atoms with E-state index in [-0.39, 0.29) is 16.7 Å². The molecule has 0 aliphatic carbocycles. The van der Waals surface area contributed by atoms with Crippen LogP contribution in [-0.2, 0) is 0 Å². The van der Waals surface area contributed by atoms with E-state index in [2.05, 4.69) is 17.1 Å². The van der Waals surface area contributed by atoms with Crippen LogP contribution in [-0.4, -0.2) is 42.1 Å². The van der Waals surface area contributed by atoms with Crippen LogP contribution in [0, 0.1) is 10.1 Å². The number of nitrogens with zero attached hydrogens (tertiary/aromatic N) is 2. The van der Waals surface area contributed by atoms with E-state index in [9.17, 15) is 10.1 Å². The minimum Gasteiger partial charge on any atom is -0.487 e. The zero-order chi connectivity index (χ0) is 15.2. The van der Waals surface area contributed by atoms with Gasteiger partial charge in [0.05, 0.1) is 11.5 Å². The minimum absolute atomic E-state index is 0.0391. The van der Waals surface area contributed by atoms with Crippen molar-refractivity contribution >= 4 is 11.4 Å². The SMILES string of the molecule is CCOc1cccc(NC2CCN(CC)CC2)c1[N+](=O)[O-]. The van der Waals surface area contributed by atoms with Gasteiger partial charge in [0.15, 0.2) is 5.75 Å². The number of nitrogens with one attached hydrogen (secondary N) is 1. The first kappa shape index (κ1) is 15.6. The molecule has 1 aliphatic heterocycles. The second kappa shape index (κ2) is 7.26. The molecule has 1 aromatic carbocycles. The number of nitro benzene ring substituents is 1. The Morgan fingerprint density at radius 3 is 2.67 bits per heavy atom. The summed E-state index contributed by atoms with van der Waals surface area (Å²) in [6.45, 7) is 7.53. The lowest BCUT2D eigenvalue weighted by molar-refractivity contribution is -0.385. The van der Waals surface area contributed by atoms with Gasteiger partial charge in [-0.3, -0.25) is 10.1 Å². The first-order chi connectivity index (χ1) is 10.2. The predicted molar refractivity (Wildman–Crippen MR) is 83.0 cm³/mol. The van der Waals surface area contributed by atoms with Crippen LogP contribution in [0.15, 0.2) is 18.2 Å². The number of piperidine rings is 1. The van der Waals surface area contributed by atoms with E-state index in [1.54, 1.807) is 18.2 Å². The van der Waals surface area contributed by atoms with Crippen LogP contribution in [0.25, 0.3) is 0 Å². The highest BCUT2D eigenvalue weighted by Crippen LogP contribution is 2.35. The topological polar surface area (TPSA) is 67.6 Å². The van der Waals surface area contributed by atoms with Crippen molar-refractivity contribution in [3.8, 4) is 5.75 Å². The van der Waals surface area contributed by atoms with Gasteiger partial charge in [-0.25, -0.2) is 0 Å². The lowest BCUT2D eigenvalue weighted by Gasteiger charge is -2.31. The highest BCUT2D eigenvalue weighted by Gasteiger charge is 2.24. The molecule has 1 aromatic rings. The van der Waals surface area contributed by atoms with Gasteiger partial charge in [-0.1, -0.05) is 13.0 Å². The molecule has 1 aliphatic rings. The first-order valence-corrected chi connectivity index (χ1v) is 7.54.